The molecule has 0 atom stereocenters. The van der Waals surface area contributed by atoms with Crippen molar-refractivity contribution < 1.29 is 0 Å². The highest BCUT2D eigenvalue weighted by Crippen LogP contribution is 2.45. The first-order valence-electron chi connectivity index (χ1n) is 16.8. The molecule has 2 nitrogen and oxygen atoms in total. The fourth-order valence-corrected chi connectivity index (χ4v) is 9.31. The van der Waals surface area contributed by atoms with Crippen molar-refractivity contribution in [3.8, 4) is 22.5 Å². The zero-order valence-corrected chi connectivity index (χ0v) is 27.3. The molecule has 0 saturated carbocycles. The van der Waals surface area contributed by atoms with Crippen molar-refractivity contribution in [2.45, 2.75) is 0 Å². The van der Waals surface area contributed by atoms with E-state index in [2.05, 4.69) is 179 Å². The lowest BCUT2D eigenvalue weighted by molar-refractivity contribution is 1.17. The monoisotopic (exact) mass is 640 g/mol. The van der Waals surface area contributed by atoms with E-state index in [1.165, 1.54) is 91.4 Å². The van der Waals surface area contributed by atoms with E-state index >= 15 is 0 Å². The highest BCUT2D eigenvalue weighted by atomic mass is 32.1. The topological polar surface area (TPSA) is 9.86 Å². The number of fused-ring (bicyclic) bond motifs is 11. The molecule has 11 aromatic rings. The van der Waals surface area contributed by atoms with Gasteiger partial charge in [-0.05, 0) is 82.6 Å². The average molecular weight is 641 g/mol. The molecule has 0 N–H and O–H groups in total. The summed E-state index contributed by atoms with van der Waals surface area (Å²) in [5, 5.41) is 10.3. The van der Waals surface area contributed by atoms with Crippen LogP contribution in [0.5, 0.6) is 0 Å². The van der Waals surface area contributed by atoms with Crippen LogP contribution < -0.4 is 0 Å². The van der Waals surface area contributed by atoms with E-state index in [0.29, 0.717) is 0 Å². The fraction of sp³-hybridized carbons (Fsp3) is 0. The number of hydrogen-bond acceptors (Lipinski definition) is 1. The summed E-state index contributed by atoms with van der Waals surface area (Å²) in [6, 6.07) is 62.4. The summed E-state index contributed by atoms with van der Waals surface area (Å²) >= 11 is 1.91. The standard InChI is InChI=1S/C46H28N2S/c1-2-12-33(13-3-1)48-41-25-24-37-36-15-7-9-17-44(36)49-46(37)45(41)39-27-38-35-14-6-8-16-40(35)47(42(38)28-43(39)48)34-22-20-30(21-23-34)32-19-18-29-10-4-5-11-31(29)26-32/h1-28H. The summed E-state index contributed by atoms with van der Waals surface area (Å²) in [5.41, 5.74) is 9.65. The molecule has 0 bridgehead atoms. The van der Waals surface area contributed by atoms with Gasteiger partial charge >= 0.3 is 0 Å². The molecule has 0 aliphatic carbocycles. The summed E-state index contributed by atoms with van der Waals surface area (Å²) in [5.74, 6) is 0. The van der Waals surface area contributed by atoms with Crippen molar-refractivity contribution in [2.75, 3.05) is 0 Å². The van der Waals surface area contributed by atoms with E-state index in [1.807, 2.05) is 11.3 Å². The van der Waals surface area contributed by atoms with Gasteiger partial charge in [0.25, 0.3) is 0 Å². The van der Waals surface area contributed by atoms with Crippen LogP contribution in [0.15, 0.2) is 170 Å². The SMILES string of the molecule is c1ccc(-n2c3cc4c(cc3c3c5sc6ccccc6c5ccc32)c2ccccc2n4-c2ccc(-c3ccc4ccccc4c3)cc2)cc1. The molecule has 3 heteroatoms. The fourth-order valence-electron chi connectivity index (χ4n) is 8.05. The Balaban J connectivity index is 1.20. The maximum absolute atomic E-state index is 2.46. The first-order valence-corrected chi connectivity index (χ1v) is 17.6. The Morgan fingerprint density at radius 2 is 1.02 bits per heavy atom. The van der Waals surface area contributed by atoms with E-state index in [0.717, 1.165) is 5.69 Å². The lowest BCUT2D eigenvalue weighted by atomic mass is 10.0. The van der Waals surface area contributed by atoms with E-state index in [-0.39, 0.29) is 0 Å². The summed E-state index contributed by atoms with van der Waals surface area (Å²) < 4.78 is 7.58. The van der Waals surface area contributed by atoms with Crippen molar-refractivity contribution in [2.24, 2.45) is 0 Å². The molecule has 0 saturated heterocycles. The van der Waals surface area contributed by atoms with E-state index < -0.39 is 0 Å². The molecule has 0 fully saturated rings. The summed E-state index contributed by atoms with van der Waals surface area (Å²) in [7, 11) is 0. The van der Waals surface area contributed by atoms with Crippen molar-refractivity contribution in [3.63, 3.8) is 0 Å². The quantitative estimate of drug-likeness (QED) is 0.182. The van der Waals surface area contributed by atoms with Crippen molar-refractivity contribution in [1.29, 1.82) is 0 Å². The predicted octanol–water partition coefficient (Wildman–Crippen LogP) is 13.1. The van der Waals surface area contributed by atoms with Crippen molar-refractivity contribution in [3.05, 3.63) is 170 Å². The minimum absolute atomic E-state index is 1.16. The highest BCUT2D eigenvalue weighted by molar-refractivity contribution is 7.26. The Kier molecular flexibility index (Phi) is 5.57. The number of rotatable bonds is 3. The van der Waals surface area contributed by atoms with Crippen LogP contribution in [0.1, 0.15) is 0 Å². The minimum Gasteiger partial charge on any atom is -0.309 e. The molecule has 49 heavy (non-hydrogen) atoms. The van der Waals surface area contributed by atoms with Gasteiger partial charge in [-0.3, -0.25) is 0 Å². The van der Waals surface area contributed by atoms with Crippen LogP contribution in [0.4, 0.5) is 0 Å². The van der Waals surface area contributed by atoms with Crippen LogP contribution in [0.25, 0.3) is 97.1 Å². The summed E-state index contributed by atoms with van der Waals surface area (Å²) in [4.78, 5) is 0. The van der Waals surface area contributed by atoms with Gasteiger partial charge in [-0.15, -0.1) is 11.3 Å². The molecule has 0 aliphatic heterocycles. The van der Waals surface area contributed by atoms with Gasteiger partial charge in [0.05, 0.1) is 22.1 Å². The van der Waals surface area contributed by atoms with Crippen LogP contribution in [0, 0.1) is 0 Å². The molecular formula is C46H28N2S. The Morgan fingerprint density at radius 3 is 1.90 bits per heavy atom. The van der Waals surface area contributed by atoms with Crippen LogP contribution in [-0.2, 0) is 0 Å². The second-order valence-electron chi connectivity index (χ2n) is 13.0. The Labute approximate surface area is 286 Å². The maximum Gasteiger partial charge on any atom is 0.0562 e. The van der Waals surface area contributed by atoms with E-state index in [1.54, 1.807) is 0 Å². The molecule has 0 aliphatic rings. The molecule has 0 radical (unpaired) electrons. The third-order valence-corrected chi connectivity index (χ3v) is 11.5. The first kappa shape index (κ1) is 26.9. The number of benzene rings is 8. The normalized spacial score (nSPS) is 12.1. The van der Waals surface area contributed by atoms with Gasteiger partial charge < -0.3 is 9.13 Å². The van der Waals surface area contributed by atoms with Gasteiger partial charge in [-0.25, -0.2) is 0 Å². The maximum atomic E-state index is 2.46. The molecule has 3 heterocycles. The van der Waals surface area contributed by atoms with Crippen molar-refractivity contribution >= 4 is 85.9 Å². The van der Waals surface area contributed by atoms with Gasteiger partial charge in [0.15, 0.2) is 0 Å². The largest absolute Gasteiger partial charge is 0.309 e. The second-order valence-corrected chi connectivity index (χ2v) is 14.0. The predicted molar refractivity (Wildman–Crippen MR) is 211 cm³/mol. The minimum atomic E-state index is 1.16. The van der Waals surface area contributed by atoms with Gasteiger partial charge in [0.2, 0.25) is 0 Å². The Bertz CT molecular complexity index is 3090. The van der Waals surface area contributed by atoms with Gasteiger partial charge in [-0.2, -0.15) is 0 Å². The van der Waals surface area contributed by atoms with Gasteiger partial charge in [-0.1, -0.05) is 109 Å². The van der Waals surface area contributed by atoms with E-state index in [9.17, 15) is 0 Å². The van der Waals surface area contributed by atoms with Crippen LogP contribution in [0.3, 0.4) is 0 Å². The number of thiophene rings is 1. The Hall–Kier alpha value is -6.16. The van der Waals surface area contributed by atoms with Crippen LogP contribution in [-0.4, -0.2) is 9.13 Å². The lowest BCUT2D eigenvalue weighted by Crippen LogP contribution is -1.95. The molecule has 11 rings (SSSR count). The molecule has 3 aromatic heterocycles. The first-order chi connectivity index (χ1) is 24.3. The number of hydrogen-bond donors (Lipinski definition) is 0. The number of aromatic nitrogens is 2. The third kappa shape index (κ3) is 3.88. The molecule has 228 valence electrons. The van der Waals surface area contributed by atoms with Gasteiger partial charge in [0, 0.05) is 53.1 Å². The average Bonchev–Trinajstić information content (AvgIpc) is 3.81. The Morgan fingerprint density at radius 1 is 0.347 bits per heavy atom. The van der Waals surface area contributed by atoms with E-state index in [4.69, 9.17) is 0 Å². The lowest BCUT2D eigenvalue weighted by Gasteiger charge is -2.11. The number of para-hydroxylation sites is 2. The highest BCUT2D eigenvalue weighted by Gasteiger charge is 2.21. The molecule has 8 aromatic carbocycles. The molecular weight excluding hydrogens is 613 g/mol. The zero-order valence-electron chi connectivity index (χ0n) is 26.5. The number of nitrogens with zero attached hydrogens (tertiary/aromatic N) is 2. The summed E-state index contributed by atoms with van der Waals surface area (Å²) in [6.07, 6.45) is 0. The van der Waals surface area contributed by atoms with Crippen LogP contribution >= 0.6 is 11.3 Å². The van der Waals surface area contributed by atoms with Gasteiger partial charge in [0.1, 0.15) is 0 Å². The molecule has 0 amide bonds. The van der Waals surface area contributed by atoms with Crippen LogP contribution in [0.2, 0.25) is 0 Å². The molecule has 0 unspecified atom stereocenters. The third-order valence-electron chi connectivity index (χ3n) is 10.3. The summed E-state index contributed by atoms with van der Waals surface area (Å²) in [6.45, 7) is 0. The second kappa shape index (κ2) is 10.2. The van der Waals surface area contributed by atoms with Crippen molar-refractivity contribution in [1.82, 2.24) is 9.13 Å². The smallest absolute Gasteiger partial charge is 0.0562 e. The zero-order chi connectivity index (χ0) is 32.1. The molecule has 0 spiro atoms.